The van der Waals surface area contributed by atoms with Gasteiger partial charge in [0.05, 0.1) is 11.9 Å². The zero-order chi connectivity index (χ0) is 11.5. The molecular weight excluding hydrogens is 184 g/mol. The van der Waals surface area contributed by atoms with Crippen molar-refractivity contribution in [3.63, 3.8) is 0 Å². The molecule has 0 unspecified atom stereocenters. The number of rotatable bonds is 10. The molecule has 0 N–H and O–H groups in total. The van der Waals surface area contributed by atoms with Crippen molar-refractivity contribution in [2.45, 2.75) is 78.2 Å². The summed E-state index contributed by atoms with van der Waals surface area (Å²) in [4.78, 5) is 0. The summed E-state index contributed by atoms with van der Waals surface area (Å²) in [5.41, 5.74) is 0. The zero-order valence-corrected chi connectivity index (χ0v) is 10.8. The summed E-state index contributed by atoms with van der Waals surface area (Å²) in [7, 11) is 0. The molecule has 0 amide bonds. The summed E-state index contributed by atoms with van der Waals surface area (Å²) in [6.45, 7) is 10.3. The van der Waals surface area contributed by atoms with Crippen LogP contribution >= 0.6 is 0 Å². The van der Waals surface area contributed by atoms with E-state index in [1.165, 1.54) is 44.9 Å². The monoisotopic (exact) mass is 212 g/mol. The summed E-state index contributed by atoms with van der Waals surface area (Å²) in [6.07, 6.45) is 10.8. The molecule has 0 aromatic rings. The molecule has 15 heavy (non-hydrogen) atoms. The van der Waals surface area contributed by atoms with Crippen LogP contribution in [0.15, 0.2) is 12.3 Å². The first kappa shape index (κ1) is 14.5. The molecule has 0 heterocycles. The maximum atomic E-state index is 5.50. The van der Waals surface area contributed by atoms with Gasteiger partial charge in [0.2, 0.25) is 0 Å². The smallest absolute Gasteiger partial charge is 0.0926 e. The third-order valence-corrected chi connectivity index (χ3v) is 2.46. The minimum Gasteiger partial charge on any atom is -0.496 e. The fourth-order valence-electron chi connectivity index (χ4n) is 1.67. The summed E-state index contributed by atoms with van der Waals surface area (Å²) < 4.78 is 5.50. The van der Waals surface area contributed by atoms with Crippen molar-refractivity contribution in [2.75, 3.05) is 0 Å². The summed E-state index contributed by atoms with van der Waals surface area (Å²) in [5, 5.41) is 0. The predicted octanol–water partition coefficient (Wildman–Crippen LogP) is 5.07. The molecule has 0 aliphatic heterocycles. The van der Waals surface area contributed by atoms with Crippen LogP contribution in [0.1, 0.15) is 72.1 Å². The van der Waals surface area contributed by atoms with Crippen LogP contribution in [0.3, 0.4) is 0 Å². The Hall–Kier alpha value is -0.460. The van der Waals surface area contributed by atoms with E-state index < -0.39 is 0 Å². The van der Waals surface area contributed by atoms with Crippen molar-refractivity contribution < 1.29 is 4.74 Å². The molecule has 0 radical (unpaired) electrons. The van der Waals surface area contributed by atoms with E-state index in [2.05, 4.69) is 27.4 Å². The summed E-state index contributed by atoms with van der Waals surface area (Å²) >= 11 is 0. The van der Waals surface area contributed by atoms with Gasteiger partial charge in [-0.2, -0.15) is 0 Å². The highest BCUT2D eigenvalue weighted by Gasteiger charge is 1.98. The highest BCUT2D eigenvalue weighted by atomic mass is 16.5. The first-order chi connectivity index (χ1) is 7.16. The third-order valence-electron chi connectivity index (χ3n) is 2.46. The number of allylic oxidation sites excluding steroid dienone is 1. The maximum Gasteiger partial charge on any atom is 0.0926 e. The lowest BCUT2D eigenvalue weighted by molar-refractivity contribution is 0.140. The lowest BCUT2D eigenvalue weighted by Gasteiger charge is -2.11. The van der Waals surface area contributed by atoms with E-state index in [4.69, 9.17) is 4.74 Å². The van der Waals surface area contributed by atoms with E-state index in [-0.39, 0.29) is 6.10 Å². The second-order valence-corrected chi connectivity index (χ2v) is 4.58. The van der Waals surface area contributed by atoms with E-state index in [1.54, 1.807) is 0 Å². The van der Waals surface area contributed by atoms with E-state index in [9.17, 15) is 0 Å². The molecule has 0 aromatic carbocycles. The van der Waals surface area contributed by atoms with Crippen LogP contribution < -0.4 is 0 Å². The fraction of sp³-hybridized carbons (Fsp3) is 0.857. The molecule has 0 aromatic heterocycles. The van der Waals surface area contributed by atoms with Gasteiger partial charge in [0.1, 0.15) is 0 Å². The molecule has 0 bridgehead atoms. The Morgan fingerprint density at radius 2 is 1.53 bits per heavy atom. The largest absolute Gasteiger partial charge is 0.496 e. The van der Waals surface area contributed by atoms with Gasteiger partial charge in [0.15, 0.2) is 0 Å². The normalized spacial score (nSPS) is 10.7. The first-order valence-corrected chi connectivity index (χ1v) is 6.51. The highest BCUT2D eigenvalue weighted by Crippen LogP contribution is 2.13. The van der Waals surface area contributed by atoms with Crippen LogP contribution in [0, 0.1) is 0 Å². The van der Waals surface area contributed by atoms with Crippen molar-refractivity contribution >= 4 is 0 Å². The van der Waals surface area contributed by atoms with E-state index in [0.717, 1.165) is 12.2 Å². The van der Waals surface area contributed by atoms with E-state index in [0.29, 0.717) is 0 Å². The second-order valence-electron chi connectivity index (χ2n) is 4.58. The van der Waals surface area contributed by atoms with Crippen LogP contribution in [0.2, 0.25) is 0 Å². The molecule has 0 saturated heterocycles. The molecule has 0 fully saturated rings. The van der Waals surface area contributed by atoms with Gasteiger partial charge in [-0.05, 0) is 20.3 Å². The van der Waals surface area contributed by atoms with Gasteiger partial charge in [-0.25, -0.2) is 0 Å². The van der Waals surface area contributed by atoms with Crippen LogP contribution in [0.25, 0.3) is 0 Å². The molecule has 1 heteroatoms. The van der Waals surface area contributed by atoms with Crippen molar-refractivity contribution in [2.24, 2.45) is 0 Å². The van der Waals surface area contributed by atoms with Crippen molar-refractivity contribution in [1.82, 2.24) is 0 Å². The molecule has 0 saturated carbocycles. The average Bonchev–Trinajstić information content (AvgIpc) is 2.15. The molecule has 0 aliphatic carbocycles. The number of hydrogen-bond acceptors (Lipinski definition) is 1. The standard InChI is InChI=1S/C14H28O/c1-5-6-7-8-9-10-11-12-14(4)15-13(2)3/h13H,4-12H2,1-3H3. The Morgan fingerprint density at radius 3 is 2.07 bits per heavy atom. The van der Waals surface area contributed by atoms with Gasteiger partial charge in [-0.3, -0.25) is 0 Å². The zero-order valence-electron chi connectivity index (χ0n) is 10.8. The van der Waals surface area contributed by atoms with Gasteiger partial charge in [0.25, 0.3) is 0 Å². The molecular formula is C14H28O. The number of ether oxygens (including phenoxy) is 1. The molecule has 0 atom stereocenters. The van der Waals surface area contributed by atoms with Crippen LogP contribution in [0.4, 0.5) is 0 Å². The minimum atomic E-state index is 0.280. The Balaban J connectivity index is 3.13. The quantitative estimate of drug-likeness (QED) is 0.363. The van der Waals surface area contributed by atoms with Crippen molar-refractivity contribution in [1.29, 1.82) is 0 Å². The van der Waals surface area contributed by atoms with Crippen molar-refractivity contribution in [3.8, 4) is 0 Å². The lowest BCUT2D eigenvalue weighted by Crippen LogP contribution is -2.01. The Morgan fingerprint density at radius 1 is 1.00 bits per heavy atom. The van der Waals surface area contributed by atoms with E-state index in [1.807, 2.05) is 0 Å². The Kier molecular flexibility index (Phi) is 9.76. The van der Waals surface area contributed by atoms with Crippen LogP contribution in [-0.2, 0) is 4.74 Å². The van der Waals surface area contributed by atoms with E-state index >= 15 is 0 Å². The molecule has 90 valence electrons. The first-order valence-electron chi connectivity index (χ1n) is 6.51. The molecule has 0 spiro atoms. The fourth-order valence-corrected chi connectivity index (χ4v) is 1.67. The molecule has 1 nitrogen and oxygen atoms in total. The Labute approximate surface area is 95.9 Å². The average molecular weight is 212 g/mol. The molecule has 0 aliphatic rings. The van der Waals surface area contributed by atoms with Gasteiger partial charge in [0, 0.05) is 6.42 Å². The Bertz CT molecular complexity index is 149. The number of unbranched alkanes of at least 4 members (excludes halogenated alkanes) is 6. The van der Waals surface area contributed by atoms with Gasteiger partial charge < -0.3 is 4.74 Å². The lowest BCUT2D eigenvalue weighted by atomic mass is 10.1. The maximum absolute atomic E-state index is 5.50. The van der Waals surface area contributed by atoms with Gasteiger partial charge in [-0.1, -0.05) is 52.0 Å². The van der Waals surface area contributed by atoms with Crippen molar-refractivity contribution in [3.05, 3.63) is 12.3 Å². The predicted molar refractivity (Wildman–Crippen MR) is 68.0 cm³/mol. The summed E-state index contributed by atoms with van der Waals surface area (Å²) in [6, 6.07) is 0. The minimum absolute atomic E-state index is 0.280. The highest BCUT2D eigenvalue weighted by molar-refractivity contribution is 4.82. The topological polar surface area (TPSA) is 9.23 Å². The van der Waals surface area contributed by atoms with Gasteiger partial charge in [-0.15, -0.1) is 0 Å². The molecule has 0 rings (SSSR count). The van der Waals surface area contributed by atoms with Gasteiger partial charge >= 0.3 is 0 Å². The summed E-state index contributed by atoms with van der Waals surface area (Å²) in [5.74, 6) is 0.957. The third kappa shape index (κ3) is 11.5. The number of hydrogen-bond donors (Lipinski definition) is 0. The second kappa shape index (κ2) is 10.1. The van der Waals surface area contributed by atoms with Crippen LogP contribution in [0.5, 0.6) is 0 Å². The van der Waals surface area contributed by atoms with Crippen LogP contribution in [-0.4, -0.2) is 6.10 Å². The SMILES string of the molecule is C=C(CCCCCCCCC)OC(C)C.